The normalized spacial score (nSPS) is 12.5. The number of hydrogen-bond acceptors (Lipinski definition) is 5. The number of hydrogen-bond donors (Lipinski definition) is 1. The zero-order chi connectivity index (χ0) is 16.3. The number of rotatable bonds is 6. The van der Waals surface area contributed by atoms with Gasteiger partial charge in [-0.05, 0) is 32.5 Å². The topological polar surface area (TPSA) is 58.3 Å². The molecule has 2 rings (SSSR count). The molecule has 1 N–H and O–H groups in total. The molecule has 0 spiro atoms. The van der Waals surface area contributed by atoms with Crippen LogP contribution >= 0.6 is 0 Å². The van der Waals surface area contributed by atoms with Gasteiger partial charge in [0.25, 0.3) is 5.82 Å². The molecule has 9 heteroatoms. The Hall–Kier alpha value is -1.90. The van der Waals surface area contributed by atoms with E-state index in [9.17, 15) is 13.2 Å². The number of aromatic nitrogens is 4. The van der Waals surface area contributed by atoms with E-state index in [0.29, 0.717) is 22.9 Å². The lowest BCUT2D eigenvalue weighted by atomic mass is 10.3. The summed E-state index contributed by atoms with van der Waals surface area (Å²) in [6.45, 7) is 8.55. The lowest BCUT2D eigenvalue weighted by molar-refractivity contribution is -0.146. The van der Waals surface area contributed by atoms with Crippen molar-refractivity contribution in [3.63, 3.8) is 0 Å². The summed E-state index contributed by atoms with van der Waals surface area (Å²) in [5.41, 5.74) is 0.0650. The van der Waals surface area contributed by atoms with Gasteiger partial charge >= 0.3 is 6.18 Å². The number of alkyl halides is 3. The highest BCUT2D eigenvalue weighted by Crippen LogP contribution is 2.27. The van der Waals surface area contributed by atoms with Gasteiger partial charge in [-0.2, -0.15) is 17.7 Å². The molecule has 2 heterocycles. The van der Waals surface area contributed by atoms with Crippen molar-refractivity contribution in [3.05, 3.63) is 18.0 Å². The molecule has 0 fully saturated rings. The predicted octanol–water partition coefficient (Wildman–Crippen LogP) is 2.29. The summed E-state index contributed by atoms with van der Waals surface area (Å²) >= 11 is 0. The molecule has 2 aromatic heterocycles. The van der Waals surface area contributed by atoms with E-state index in [2.05, 4.69) is 46.3 Å². The quantitative estimate of drug-likeness (QED) is 0.886. The molecule has 0 aliphatic carbocycles. The number of anilines is 1. The standard InChI is InChI=1S/C13H19F3N6/c1-4-21(9(2)3)8-7-17-10-5-6-11-18-19-12(13(14,15)16)22(11)20-10/h5-6,9H,4,7-8H2,1-3H3,(H,17,20). The molecule has 6 nitrogen and oxygen atoms in total. The average Bonchev–Trinajstić information content (AvgIpc) is 2.86. The fourth-order valence-electron chi connectivity index (χ4n) is 2.17. The zero-order valence-electron chi connectivity index (χ0n) is 12.7. The molecule has 0 radical (unpaired) electrons. The average molecular weight is 316 g/mol. The van der Waals surface area contributed by atoms with Crippen LogP contribution in [0.25, 0.3) is 5.65 Å². The molecule has 0 unspecified atom stereocenters. The van der Waals surface area contributed by atoms with Crippen molar-refractivity contribution in [3.8, 4) is 0 Å². The Bertz CT molecular complexity index is 622. The Labute approximate surface area is 126 Å². The van der Waals surface area contributed by atoms with Gasteiger partial charge in [0.15, 0.2) is 5.65 Å². The summed E-state index contributed by atoms with van der Waals surface area (Å²) in [5, 5.41) is 13.5. The summed E-state index contributed by atoms with van der Waals surface area (Å²) in [7, 11) is 0. The van der Waals surface area contributed by atoms with Crippen LogP contribution in [0.4, 0.5) is 19.0 Å². The van der Waals surface area contributed by atoms with Gasteiger partial charge in [-0.1, -0.05) is 6.92 Å². The molecule has 122 valence electrons. The minimum atomic E-state index is -4.58. The van der Waals surface area contributed by atoms with Crippen molar-refractivity contribution in [2.24, 2.45) is 0 Å². The number of fused-ring (bicyclic) bond motifs is 1. The maximum Gasteiger partial charge on any atom is 0.453 e. The highest BCUT2D eigenvalue weighted by molar-refractivity contribution is 5.44. The zero-order valence-corrected chi connectivity index (χ0v) is 12.7. The van der Waals surface area contributed by atoms with E-state index in [1.807, 2.05) is 0 Å². The van der Waals surface area contributed by atoms with Crippen LogP contribution in [-0.4, -0.2) is 50.4 Å². The third-order valence-corrected chi connectivity index (χ3v) is 3.36. The largest absolute Gasteiger partial charge is 0.453 e. The minimum absolute atomic E-state index is 0.0650. The third-order valence-electron chi connectivity index (χ3n) is 3.36. The van der Waals surface area contributed by atoms with Crippen LogP contribution in [0, 0.1) is 0 Å². The summed E-state index contributed by atoms with van der Waals surface area (Å²) in [6.07, 6.45) is -4.58. The van der Waals surface area contributed by atoms with Crippen molar-refractivity contribution in [2.75, 3.05) is 25.0 Å². The molecule has 0 aromatic carbocycles. The van der Waals surface area contributed by atoms with Crippen LogP contribution in [0.2, 0.25) is 0 Å². The van der Waals surface area contributed by atoms with Crippen LogP contribution in [0.3, 0.4) is 0 Å². The molecule has 22 heavy (non-hydrogen) atoms. The first-order valence-electron chi connectivity index (χ1n) is 7.10. The molecule has 0 amide bonds. The summed E-state index contributed by atoms with van der Waals surface area (Å²) in [6, 6.07) is 3.46. The first-order valence-corrected chi connectivity index (χ1v) is 7.10. The Kier molecular flexibility index (Phi) is 4.84. The second-order valence-electron chi connectivity index (χ2n) is 5.16. The van der Waals surface area contributed by atoms with Crippen LogP contribution < -0.4 is 5.32 Å². The summed E-state index contributed by atoms with van der Waals surface area (Å²) < 4.78 is 39.1. The molecule has 0 aliphatic heterocycles. The number of nitrogens with zero attached hydrogens (tertiary/aromatic N) is 5. The van der Waals surface area contributed by atoms with E-state index in [1.54, 1.807) is 6.07 Å². The van der Waals surface area contributed by atoms with E-state index in [-0.39, 0.29) is 5.65 Å². The highest BCUT2D eigenvalue weighted by atomic mass is 19.4. The van der Waals surface area contributed by atoms with E-state index in [1.165, 1.54) is 6.07 Å². The maximum absolute atomic E-state index is 12.8. The van der Waals surface area contributed by atoms with Gasteiger partial charge in [-0.3, -0.25) is 4.90 Å². The van der Waals surface area contributed by atoms with E-state index in [0.717, 1.165) is 13.1 Å². The van der Waals surface area contributed by atoms with Crippen molar-refractivity contribution in [2.45, 2.75) is 33.0 Å². The van der Waals surface area contributed by atoms with Crippen molar-refractivity contribution in [1.82, 2.24) is 24.7 Å². The van der Waals surface area contributed by atoms with Gasteiger partial charge in [0.05, 0.1) is 0 Å². The van der Waals surface area contributed by atoms with Gasteiger partial charge < -0.3 is 5.32 Å². The van der Waals surface area contributed by atoms with Gasteiger partial charge in [0.1, 0.15) is 5.82 Å². The van der Waals surface area contributed by atoms with Crippen LogP contribution in [0.5, 0.6) is 0 Å². The number of halogens is 3. The summed E-state index contributed by atoms with van der Waals surface area (Å²) in [4.78, 5) is 2.24. The fourth-order valence-corrected chi connectivity index (χ4v) is 2.17. The third kappa shape index (κ3) is 3.65. The second kappa shape index (κ2) is 6.47. The molecular formula is C13H19F3N6. The van der Waals surface area contributed by atoms with Gasteiger partial charge in [-0.15, -0.1) is 15.3 Å². The lowest BCUT2D eigenvalue weighted by Gasteiger charge is -2.24. The van der Waals surface area contributed by atoms with Crippen LogP contribution in [0.1, 0.15) is 26.6 Å². The highest BCUT2D eigenvalue weighted by Gasteiger charge is 2.37. The SMILES string of the molecule is CCN(CCNc1ccc2nnc(C(F)(F)F)n2n1)C(C)C. The maximum atomic E-state index is 12.8. The minimum Gasteiger partial charge on any atom is -0.367 e. The molecule has 0 atom stereocenters. The lowest BCUT2D eigenvalue weighted by Crippen LogP contribution is -2.34. The molecule has 0 saturated heterocycles. The van der Waals surface area contributed by atoms with Gasteiger partial charge in [0, 0.05) is 19.1 Å². The fraction of sp³-hybridized carbons (Fsp3) is 0.615. The molecule has 2 aromatic rings. The Morgan fingerprint density at radius 3 is 2.59 bits per heavy atom. The second-order valence-corrected chi connectivity index (χ2v) is 5.16. The smallest absolute Gasteiger partial charge is 0.367 e. The van der Waals surface area contributed by atoms with E-state index >= 15 is 0 Å². The van der Waals surface area contributed by atoms with Gasteiger partial charge in [-0.25, -0.2) is 0 Å². The first-order chi connectivity index (χ1) is 10.3. The Morgan fingerprint density at radius 1 is 1.27 bits per heavy atom. The van der Waals surface area contributed by atoms with E-state index < -0.39 is 12.0 Å². The van der Waals surface area contributed by atoms with Crippen LogP contribution in [0.15, 0.2) is 12.1 Å². The monoisotopic (exact) mass is 316 g/mol. The van der Waals surface area contributed by atoms with E-state index in [4.69, 9.17) is 0 Å². The molecular weight excluding hydrogens is 297 g/mol. The molecule has 0 bridgehead atoms. The molecule has 0 aliphatic rings. The number of likely N-dealkylation sites (N-methyl/N-ethyl adjacent to an activating group) is 1. The predicted molar refractivity (Wildman–Crippen MR) is 76.7 cm³/mol. The van der Waals surface area contributed by atoms with Gasteiger partial charge in [0.2, 0.25) is 0 Å². The van der Waals surface area contributed by atoms with Crippen molar-refractivity contribution < 1.29 is 13.2 Å². The Morgan fingerprint density at radius 2 is 2.00 bits per heavy atom. The van der Waals surface area contributed by atoms with Crippen molar-refractivity contribution >= 4 is 11.5 Å². The molecule has 0 saturated carbocycles. The number of nitrogens with one attached hydrogen (secondary N) is 1. The van der Waals surface area contributed by atoms with Crippen LogP contribution in [-0.2, 0) is 6.18 Å². The first kappa shape index (κ1) is 16.5. The summed E-state index contributed by atoms with van der Waals surface area (Å²) in [5.74, 6) is -0.763. The Balaban J connectivity index is 2.09. The van der Waals surface area contributed by atoms with Crippen molar-refractivity contribution in [1.29, 1.82) is 0 Å².